The van der Waals surface area contributed by atoms with Gasteiger partial charge in [-0.05, 0) is 43.2 Å². The zero-order valence-electron chi connectivity index (χ0n) is 11.4. The number of nitrogens with one attached hydrogen (secondary N) is 2. The molecule has 0 aliphatic carbocycles. The highest BCUT2D eigenvalue weighted by Crippen LogP contribution is 2.23. The molecule has 0 saturated carbocycles. The van der Waals surface area contributed by atoms with E-state index in [2.05, 4.69) is 10.6 Å². The molecule has 2 N–H and O–H groups in total. The standard InChI is InChI=1S/C16H16N2O2/c1-11-7-8-14(15(9-11)17-10-19)18-16(20)13-6-4-3-5-12(13)2/h3-10H,1-2H3,(H,17,19)(H,18,20). The number of anilines is 2. The fourth-order valence-corrected chi connectivity index (χ4v) is 1.97. The number of benzene rings is 2. The topological polar surface area (TPSA) is 58.2 Å². The molecule has 0 fully saturated rings. The normalized spacial score (nSPS) is 9.90. The van der Waals surface area contributed by atoms with E-state index >= 15 is 0 Å². The minimum Gasteiger partial charge on any atom is -0.327 e. The molecule has 0 aliphatic rings. The molecule has 102 valence electrons. The quantitative estimate of drug-likeness (QED) is 0.837. The summed E-state index contributed by atoms with van der Waals surface area (Å²) in [6.07, 6.45) is 0.595. The smallest absolute Gasteiger partial charge is 0.255 e. The van der Waals surface area contributed by atoms with E-state index in [1.54, 1.807) is 12.1 Å². The number of aryl methyl sites for hydroxylation is 2. The second kappa shape index (κ2) is 6.02. The van der Waals surface area contributed by atoms with Crippen molar-refractivity contribution in [1.29, 1.82) is 0 Å². The van der Waals surface area contributed by atoms with Gasteiger partial charge in [-0.1, -0.05) is 24.3 Å². The fourth-order valence-electron chi connectivity index (χ4n) is 1.97. The van der Waals surface area contributed by atoms with Crippen molar-refractivity contribution in [3.8, 4) is 0 Å². The van der Waals surface area contributed by atoms with Crippen LogP contribution < -0.4 is 10.6 Å². The van der Waals surface area contributed by atoms with Crippen LogP contribution in [0, 0.1) is 13.8 Å². The van der Waals surface area contributed by atoms with Gasteiger partial charge in [0.05, 0.1) is 11.4 Å². The Morgan fingerprint density at radius 3 is 2.50 bits per heavy atom. The van der Waals surface area contributed by atoms with Crippen molar-refractivity contribution in [2.45, 2.75) is 13.8 Å². The van der Waals surface area contributed by atoms with Crippen molar-refractivity contribution in [2.75, 3.05) is 10.6 Å². The predicted molar refractivity (Wildman–Crippen MR) is 80.0 cm³/mol. The van der Waals surface area contributed by atoms with E-state index in [-0.39, 0.29) is 5.91 Å². The SMILES string of the molecule is Cc1ccc(NC(=O)c2ccccc2C)c(NC=O)c1. The molecule has 0 radical (unpaired) electrons. The Labute approximate surface area is 117 Å². The van der Waals surface area contributed by atoms with Gasteiger partial charge in [0, 0.05) is 5.56 Å². The summed E-state index contributed by atoms with van der Waals surface area (Å²) in [5.74, 6) is -0.194. The fraction of sp³-hybridized carbons (Fsp3) is 0.125. The number of rotatable bonds is 4. The van der Waals surface area contributed by atoms with E-state index < -0.39 is 0 Å². The Morgan fingerprint density at radius 2 is 1.80 bits per heavy atom. The highest BCUT2D eigenvalue weighted by molar-refractivity contribution is 6.07. The molecule has 0 saturated heterocycles. The Bertz CT molecular complexity index is 651. The first-order valence-electron chi connectivity index (χ1n) is 6.29. The molecule has 2 amide bonds. The van der Waals surface area contributed by atoms with Crippen LogP contribution in [0.5, 0.6) is 0 Å². The van der Waals surface area contributed by atoms with E-state index in [1.165, 1.54) is 0 Å². The van der Waals surface area contributed by atoms with Crippen molar-refractivity contribution in [3.63, 3.8) is 0 Å². The highest BCUT2D eigenvalue weighted by Gasteiger charge is 2.11. The summed E-state index contributed by atoms with van der Waals surface area (Å²) in [4.78, 5) is 22.9. The maximum Gasteiger partial charge on any atom is 0.255 e. The largest absolute Gasteiger partial charge is 0.327 e. The second-order valence-electron chi connectivity index (χ2n) is 4.58. The molecule has 0 spiro atoms. The predicted octanol–water partition coefficient (Wildman–Crippen LogP) is 3.12. The van der Waals surface area contributed by atoms with Crippen molar-refractivity contribution < 1.29 is 9.59 Å². The number of hydrogen-bond acceptors (Lipinski definition) is 2. The van der Waals surface area contributed by atoms with Crippen LogP contribution in [0.1, 0.15) is 21.5 Å². The van der Waals surface area contributed by atoms with Gasteiger partial charge in [0.15, 0.2) is 0 Å². The van der Waals surface area contributed by atoms with Gasteiger partial charge in [0.25, 0.3) is 5.91 Å². The van der Waals surface area contributed by atoms with Crippen LogP contribution in [0.3, 0.4) is 0 Å². The van der Waals surface area contributed by atoms with Gasteiger partial charge in [-0.3, -0.25) is 9.59 Å². The number of carbonyl (C=O) groups is 2. The van der Waals surface area contributed by atoms with Gasteiger partial charge >= 0.3 is 0 Å². The molecule has 0 atom stereocenters. The Balaban J connectivity index is 2.28. The zero-order chi connectivity index (χ0) is 14.5. The lowest BCUT2D eigenvalue weighted by molar-refractivity contribution is -0.105. The molecule has 0 aromatic heterocycles. The summed E-state index contributed by atoms with van der Waals surface area (Å²) in [5, 5.41) is 5.41. The van der Waals surface area contributed by atoms with Crippen molar-refractivity contribution in [3.05, 3.63) is 59.2 Å². The molecule has 2 aromatic rings. The average molecular weight is 268 g/mol. The molecule has 4 nitrogen and oxygen atoms in total. The molecular formula is C16H16N2O2. The monoisotopic (exact) mass is 268 g/mol. The lowest BCUT2D eigenvalue weighted by Crippen LogP contribution is -2.14. The summed E-state index contributed by atoms with van der Waals surface area (Å²) < 4.78 is 0. The lowest BCUT2D eigenvalue weighted by atomic mass is 10.1. The van der Waals surface area contributed by atoms with E-state index in [0.29, 0.717) is 23.3 Å². The van der Waals surface area contributed by atoms with Crippen LogP contribution in [0.4, 0.5) is 11.4 Å². The highest BCUT2D eigenvalue weighted by atomic mass is 16.1. The number of hydrogen-bond donors (Lipinski definition) is 2. The summed E-state index contributed by atoms with van der Waals surface area (Å²) in [5.41, 5.74) is 3.69. The minimum atomic E-state index is -0.194. The van der Waals surface area contributed by atoms with Gasteiger partial charge in [0.2, 0.25) is 6.41 Å². The lowest BCUT2D eigenvalue weighted by Gasteiger charge is -2.12. The summed E-state index contributed by atoms with van der Waals surface area (Å²) >= 11 is 0. The van der Waals surface area contributed by atoms with Crippen LogP contribution in [0.2, 0.25) is 0 Å². The van der Waals surface area contributed by atoms with Gasteiger partial charge in [0.1, 0.15) is 0 Å². The molecule has 2 rings (SSSR count). The first-order valence-corrected chi connectivity index (χ1v) is 6.29. The number of amides is 2. The van der Waals surface area contributed by atoms with Crippen LogP contribution in [0.25, 0.3) is 0 Å². The van der Waals surface area contributed by atoms with Crippen LogP contribution in [-0.2, 0) is 4.79 Å². The molecule has 0 aliphatic heterocycles. The third-order valence-corrected chi connectivity index (χ3v) is 3.03. The van der Waals surface area contributed by atoms with E-state index in [1.807, 2.05) is 44.2 Å². The third-order valence-electron chi connectivity index (χ3n) is 3.03. The molecule has 0 heterocycles. The van der Waals surface area contributed by atoms with Gasteiger partial charge < -0.3 is 10.6 Å². The molecule has 2 aromatic carbocycles. The molecule has 20 heavy (non-hydrogen) atoms. The van der Waals surface area contributed by atoms with Crippen LogP contribution >= 0.6 is 0 Å². The number of carbonyl (C=O) groups excluding carboxylic acids is 2. The maximum absolute atomic E-state index is 12.2. The first kappa shape index (κ1) is 13.8. The average Bonchev–Trinajstić information content (AvgIpc) is 2.42. The van der Waals surface area contributed by atoms with Crippen LogP contribution in [0.15, 0.2) is 42.5 Å². The minimum absolute atomic E-state index is 0.194. The molecule has 0 unspecified atom stereocenters. The Morgan fingerprint density at radius 1 is 1.05 bits per heavy atom. The van der Waals surface area contributed by atoms with E-state index in [4.69, 9.17) is 0 Å². The van der Waals surface area contributed by atoms with E-state index in [0.717, 1.165) is 11.1 Å². The maximum atomic E-state index is 12.2. The third kappa shape index (κ3) is 3.03. The second-order valence-corrected chi connectivity index (χ2v) is 4.58. The molecular weight excluding hydrogens is 252 g/mol. The van der Waals surface area contributed by atoms with Gasteiger partial charge in [-0.15, -0.1) is 0 Å². The first-order chi connectivity index (χ1) is 9.61. The Hall–Kier alpha value is -2.62. The summed E-state index contributed by atoms with van der Waals surface area (Å²) in [7, 11) is 0. The van der Waals surface area contributed by atoms with E-state index in [9.17, 15) is 9.59 Å². The van der Waals surface area contributed by atoms with Crippen LogP contribution in [-0.4, -0.2) is 12.3 Å². The van der Waals surface area contributed by atoms with Crippen molar-refractivity contribution >= 4 is 23.7 Å². The van der Waals surface area contributed by atoms with Crippen molar-refractivity contribution in [2.24, 2.45) is 0 Å². The zero-order valence-corrected chi connectivity index (χ0v) is 11.4. The van der Waals surface area contributed by atoms with Gasteiger partial charge in [-0.25, -0.2) is 0 Å². The molecule has 0 bridgehead atoms. The molecule has 4 heteroatoms. The van der Waals surface area contributed by atoms with Gasteiger partial charge in [-0.2, -0.15) is 0 Å². The summed E-state index contributed by atoms with van der Waals surface area (Å²) in [6, 6.07) is 12.8. The Kier molecular flexibility index (Phi) is 4.15. The van der Waals surface area contributed by atoms with Crippen molar-refractivity contribution in [1.82, 2.24) is 0 Å². The summed E-state index contributed by atoms with van der Waals surface area (Å²) in [6.45, 7) is 3.80.